The Kier molecular flexibility index (Phi) is 10.4. The number of aromatic nitrogens is 2. The Hall–Kier alpha value is -4.34. The predicted octanol–water partition coefficient (Wildman–Crippen LogP) is 4.60. The standard InChI is InChI=1S/C31H37N3O7/c1-5-37-26-10-9-21(16-27(26)38-6-2)15-25-23-18-29(40-8-4)28(39-7-3)17-22(23)11-14-34(25)30(35)20-41-31(36)24-19-32-12-13-33-24/h9-10,12-13,16-19,25H,5-8,11,14-15,20H2,1-4H3/t25-/m0/s1. The molecule has 0 unspecified atom stereocenters. The van der Waals surface area contributed by atoms with Crippen molar-refractivity contribution in [2.45, 2.75) is 46.6 Å². The van der Waals surface area contributed by atoms with E-state index in [-0.39, 0.29) is 17.6 Å². The summed E-state index contributed by atoms with van der Waals surface area (Å²) in [6, 6.07) is 9.47. The van der Waals surface area contributed by atoms with Crippen LogP contribution in [-0.4, -0.2) is 66.3 Å². The molecule has 0 spiro atoms. The van der Waals surface area contributed by atoms with E-state index in [9.17, 15) is 9.59 Å². The van der Waals surface area contributed by atoms with E-state index in [2.05, 4.69) is 9.97 Å². The molecule has 4 rings (SSSR count). The van der Waals surface area contributed by atoms with Crippen molar-refractivity contribution in [3.63, 3.8) is 0 Å². The number of rotatable bonds is 13. The van der Waals surface area contributed by atoms with Crippen LogP contribution >= 0.6 is 0 Å². The topological polar surface area (TPSA) is 109 Å². The van der Waals surface area contributed by atoms with Crippen LogP contribution in [0, 0.1) is 0 Å². The van der Waals surface area contributed by atoms with E-state index < -0.39 is 12.6 Å². The summed E-state index contributed by atoms with van der Waals surface area (Å²) in [6.45, 7) is 9.74. The number of esters is 1. The maximum atomic E-state index is 13.5. The Balaban J connectivity index is 1.67. The van der Waals surface area contributed by atoms with Crippen molar-refractivity contribution >= 4 is 11.9 Å². The summed E-state index contributed by atoms with van der Waals surface area (Å²) in [5.41, 5.74) is 3.06. The van der Waals surface area contributed by atoms with Crippen LogP contribution in [0.25, 0.3) is 0 Å². The first kappa shape index (κ1) is 29.6. The second-order valence-electron chi connectivity index (χ2n) is 9.23. The number of hydrogen-bond donors (Lipinski definition) is 0. The molecule has 0 radical (unpaired) electrons. The highest BCUT2D eigenvalue weighted by Gasteiger charge is 2.33. The zero-order valence-corrected chi connectivity index (χ0v) is 24.1. The first-order chi connectivity index (χ1) is 20.0. The smallest absolute Gasteiger partial charge is 0.359 e. The highest BCUT2D eigenvalue weighted by molar-refractivity contribution is 5.89. The van der Waals surface area contributed by atoms with Gasteiger partial charge in [0.05, 0.1) is 38.7 Å². The Morgan fingerprint density at radius 3 is 2.17 bits per heavy atom. The van der Waals surface area contributed by atoms with Gasteiger partial charge in [-0.05, 0) is 81.5 Å². The van der Waals surface area contributed by atoms with E-state index in [0.717, 1.165) is 16.7 Å². The number of amides is 1. The third-order valence-electron chi connectivity index (χ3n) is 6.62. The molecule has 2 heterocycles. The summed E-state index contributed by atoms with van der Waals surface area (Å²) in [6.07, 6.45) is 5.29. The fourth-order valence-corrected chi connectivity index (χ4v) is 4.90. The highest BCUT2D eigenvalue weighted by Crippen LogP contribution is 2.41. The molecule has 0 N–H and O–H groups in total. The third kappa shape index (κ3) is 7.25. The maximum absolute atomic E-state index is 13.5. The van der Waals surface area contributed by atoms with E-state index in [0.29, 0.717) is 68.8 Å². The third-order valence-corrected chi connectivity index (χ3v) is 6.62. The monoisotopic (exact) mass is 563 g/mol. The second-order valence-corrected chi connectivity index (χ2v) is 9.23. The molecular weight excluding hydrogens is 526 g/mol. The van der Waals surface area contributed by atoms with Crippen LogP contribution in [0.3, 0.4) is 0 Å². The summed E-state index contributed by atoms with van der Waals surface area (Å²) < 4.78 is 28.7. The Morgan fingerprint density at radius 1 is 0.854 bits per heavy atom. The van der Waals surface area contributed by atoms with Crippen LogP contribution in [0.1, 0.15) is 60.9 Å². The van der Waals surface area contributed by atoms with Crippen molar-refractivity contribution in [1.29, 1.82) is 0 Å². The van der Waals surface area contributed by atoms with Crippen molar-refractivity contribution < 1.29 is 33.3 Å². The molecule has 10 heteroatoms. The molecule has 3 aromatic rings. The molecule has 0 fully saturated rings. The number of hydrogen-bond acceptors (Lipinski definition) is 9. The van der Waals surface area contributed by atoms with Gasteiger partial charge in [0, 0.05) is 18.9 Å². The fraction of sp³-hybridized carbons (Fsp3) is 0.419. The Bertz CT molecular complexity index is 1330. The number of ether oxygens (including phenoxy) is 5. The molecule has 1 aliphatic heterocycles. The average Bonchev–Trinajstić information content (AvgIpc) is 2.98. The lowest BCUT2D eigenvalue weighted by molar-refractivity contribution is -0.137. The van der Waals surface area contributed by atoms with Gasteiger partial charge in [0.25, 0.3) is 5.91 Å². The first-order valence-electron chi connectivity index (χ1n) is 14.0. The highest BCUT2D eigenvalue weighted by atomic mass is 16.5. The largest absolute Gasteiger partial charge is 0.490 e. The number of carbonyl (C=O) groups excluding carboxylic acids is 2. The van der Waals surface area contributed by atoms with Gasteiger partial charge in [0.15, 0.2) is 35.3 Å². The van der Waals surface area contributed by atoms with Crippen LogP contribution in [0.15, 0.2) is 48.9 Å². The Morgan fingerprint density at radius 2 is 1.51 bits per heavy atom. The minimum atomic E-state index is -0.701. The maximum Gasteiger partial charge on any atom is 0.359 e. The Labute approximate surface area is 240 Å². The molecule has 1 aromatic heterocycles. The zero-order valence-electron chi connectivity index (χ0n) is 24.1. The minimum absolute atomic E-state index is 0.0449. The van der Waals surface area contributed by atoms with Crippen LogP contribution in [-0.2, 0) is 22.4 Å². The molecule has 218 valence electrons. The quantitative estimate of drug-likeness (QED) is 0.276. The molecular formula is C31H37N3O7. The summed E-state index contributed by atoms with van der Waals surface area (Å²) >= 11 is 0. The van der Waals surface area contributed by atoms with Gasteiger partial charge in [0.1, 0.15) is 0 Å². The van der Waals surface area contributed by atoms with E-state index in [4.69, 9.17) is 23.7 Å². The summed E-state index contributed by atoms with van der Waals surface area (Å²) in [5.74, 6) is 1.63. The summed E-state index contributed by atoms with van der Waals surface area (Å²) in [5, 5.41) is 0. The molecule has 2 aromatic carbocycles. The van der Waals surface area contributed by atoms with Gasteiger partial charge in [-0.1, -0.05) is 6.07 Å². The second kappa shape index (κ2) is 14.3. The summed E-state index contributed by atoms with van der Waals surface area (Å²) in [4.78, 5) is 35.6. The number of carbonyl (C=O) groups is 2. The van der Waals surface area contributed by atoms with Gasteiger partial charge in [-0.15, -0.1) is 0 Å². The lowest BCUT2D eigenvalue weighted by atomic mass is 9.88. The molecule has 1 aliphatic rings. The van der Waals surface area contributed by atoms with Crippen molar-refractivity contribution in [2.24, 2.45) is 0 Å². The molecule has 0 aliphatic carbocycles. The zero-order chi connectivity index (χ0) is 29.2. The predicted molar refractivity (Wildman–Crippen MR) is 152 cm³/mol. The molecule has 1 atom stereocenters. The molecule has 41 heavy (non-hydrogen) atoms. The van der Waals surface area contributed by atoms with E-state index in [1.54, 1.807) is 4.90 Å². The summed E-state index contributed by atoms with van der Waals surface area (Å²) in [7, 11) is 0. The number of nitrogens with zero attached hydrogens (tertiary/aromatic N) is 3. The lowest BCUT2D eigenvalue weighted by Gasteiger charge is -2.38. The van der Waals surface area contributed by atoms with Gasteiger partial charge in [-0.2, -0.15) is 0 Å². The van der Waals surface area contributed by atoms with E-state index in [1.165, 1.54) is 18.6 Å². The van der Waals surface area contributed by atoms with Crippen molar-refractivity contribution in [1.82, 2.24) is 14.9 Å². The first-order valence-corrected chi connectivity index (χ1v) is 14.0. The fourth-order valence-electron chi connectivity index (χ4n) is 4.90. The molecule has 0 bridgehead atoms. The minimum Gasteiger partial charge on any atom is -0.490 e. The number of fused-ring (bicyclic) bond motifs is 1. The molecule has 0 saturated heterocycles. The van der Waals surface area contributed by atoms with Gasteiger partial charge in [-0.25, -0.2) is 9.78 Å². The van der Waals surface area contributed by atoms with Crippen molar-refractivity contribution in [2.75, 3.05) is 39.6 Å². The SMILES string of the molecule is CCOc1ccc(C[C@H]2c3cc(OCC)c(OCC)cc3CCN2C(=O)COC(=O)c2cnccn2)cc1OCC. The average molecular weight is 564 g/mol. The van der Waals surface area contributed by atoms with Crippen LogP contribution in [0.4, 0.5) is 0 Å². The molecule has 1 amide bonds. The van der Waals surface area contributed by atoms with Gasteiger partial charge in [0.2, 0.25) is 0 Å². The normalized spacial score (nSPS) is 14.1. The van der Waals surface area contributed by atoms with Crippen molar-refractivity contribution in [3.05, 3.63) is 71.3 Å². The van der Waals surface area contributed by atoms with Gasteiger partial charge < -0.3 is 28.6 Å². The lowest BCUT2D eigenvalue weighted by Crippen LogP contribution is -2.43. The van der Waals surface area contributed by atoms with Crippen LogP contribution in [0.2, 0.25) is 0 Å². The van der Waals surface area contributed by atoms with E-state index >= 15 is 0 Å². The molecule has 10 nitrogen and oxygen atoms in total. The number of benzene rings is 2. The van der Waals surface area contributed by atoms with Crippen LogP contribution in [0.5, 0.6) is 23.0 Å². The van der Waals surface area contributed by atoms with E-state index in [1.807, 2.05) is 58.0 Å². The van der Waals surface area contributed by atoms with Gasteiger partial charge in [-0.3, -0.25) is 9.78 Å². The van der Waals surface area contributed by atoms with Crippen LogP contribution < -0.4 is 18.9 Å². The molecule has 0 saturated carbocycles. The van der Waals surface area contributed by atoms with Crippen molar-refractivity contribution in [3.8, 4) is 23.0 Å². The van der Waals surface area contributed by atoms with Gasteiger partial charge >= 0.3 is 5.97 Å².